The molecule has 2 aliphatic rings. The molecule has 3 rings (SSSR count). The van der Waals surface area contributed by atoms with Gasteiger partial charge in [0.25, 0.3) is 11.5 Å². The number of aromatic nitrogens is 1. The number of H-pyrrole nitrogens is 1. The van der Waals surface area contributed by atoms with Gasteiger partial charge in [0.05, 0.1) is 0 Å². The van der Waals surface area contributed by atoms with Crippen LogP contribution in [0.25, 0.3) is 0 Å². The van der Waals surface area contributed by atoms with E-state index in [9.17, 15) is 9.59 Å². The first-order valence-electron chi connectivity index (χ1n) is 8.09. The van der Waals surface area contributed by atoms with Crippen molar-refractivity contribution in [3.63, 3.8) is 0 Å². The van der Waals surface area contributed by atoms with Crippen molar-refractivity contribution in [2.45, 2.75) is 52.0 Å². The van der Waals surface area contributed by atoms with Gasteiger partial charge in [0.15, 0.2) is 0 Å². The highest BCUT2D eigenvalue weighted by atomic mass is 16.2. The molecular formula is C17H24N2O2. The molecule has 4 heteroatoms. The molecule has 1 saturated heterocycles. The number of nitrogens with one attached hydrogen (secondary N) is 1. The standard InChI is InChI=1S/C17H24N2O2/c1-11-9-10-19(15-6-4-3-5-13(11)15)17(21)14-8-7-12(2)18-16(14)20/h7-8,11,13,15H,3-6,9-10H2,1-2H3,(H,18,20)/t11-,13+,15-/m0/s1. The third kappa shape index (κ3) is 2.63. The Labute approximate surface area is 125 Å². The topological polar surface area (TPSA) is 53.2 Å². The summed E-state index contributed by atoms with van der Waals surface area (Å²) in [5.74, 6) is 1.22. The largest absolute Gasteiger partial charge is 0.335 e. The Kier molecular flexibility index (Phi) is 3.87. The van der Waals surface area contributed by atoms with E-state index in [1.54, 1.807) is 12.1 Å². The highest BCUT2D eigenvalue weighted by Gasteiger charge is 2.39. The molecule has 1 saturated carbocycles. The average Bonchev–Trinajstić information content (AvgIpc) is 2.47. The van der Waals surface area contributed by atoms with Gasteiger partial charge in [-0.3, -0.25) is 9.59 Å². The molecule has 1 aliphatic heterocycles. The smallest absolute Gasteiger partial charge is 0.260 e. The van der Waals surface area contributed by atoms with Crippen LogP contribution in [-0.2, 0) is 0 Å². The fourth-order valence-electron chi connectivity index (χ4n) is 4.06. The van der Waals surface area contributed by atoms with Crippen molar-refractivity contribution in [1.29, 1.82) is 0 Å². The van der Waals surface area contributed by atoms with Crippen molar-refractivity contribution in [3.8, 4) is 0 Å². The third-order valence-corrected chi connectivity index (χ3v) is 5.28. The molecule has 1 N–H and O–H groups in total. The number of carbonyl (C=O) groups is 1. The summed E-state index contributed by atoms with van der Waals surface area (Å²) in [6, 6.07) is 3.81. The molecule has 0 radical (unpaired) electrons. The van der Waals surface area contributed by atoms with E-state index in [1.165, 1.54) is 19.3 Å². The van der Waals surface area contributed by atoms with Gasteiger partial charge in [0, 0.05) is 18.3 Å². The number of carbonyl (C=O) groups excluding carboxylic acids is 1. The fraction of sp³-hybridized carbons (Fsp3) is 0.647. The minimum atomic E-state index is -0.258. The molecule has 0 spiro atoms. The lowest BCUT2D eigenvalue weighted by molar-refractivity contribution is 0.0216. The number of pyridine rings is 1. The number of fused-ring (bicyclic) bond motifs is 1. The van der Waals surface area contributed by atoms with Crippen LogP contribution >= 0.6 is 0 Å². The van der Waals surface area contributed by atoms with Crippen LogP contribution in [0.4, 0.5) is 0 Å². The summed E-state index contributed by atoms with van der Waals surface area (Å²) in [5.41, 5.74) is 0.824. The zero-order chi connectivity index (χ0) is 15.0. The third-order valence-electron chi connectivity index (χ3n) is 5.28. The number of amides is 1. The van der Waals surface area contributed by atoms with E-state index in [-0.39, 0.29) is 11.5 Å². The number of likely N-dealkylation sites (tertiary alicyclic amines) is 1. The van der Waals surface area contributed by atoms with Crippen molar-refractivity contribution >= 4 is 5.91 Å². The molecule has 2 fully saturated rings. The van der Waals surface area contributed by atoms with Crippen LogP contribution < -0.4 is 5.56 Å². The molecule has 114 valence electrons. The number of aromatic amines is 1. The van der Waals surface area contributed by atoms with E-state index in [0.29, 0.717) is 23.4 Å². The summed E-state index contributed by atoms with van der Waals surface area (Å²) in [5, 5.41) is 0. The second-order valence-corrected chi connectivity index (χ2v) is 6.66. The summed E-state index contributed by atoms with van der Waals surface area (Å²) >= 11 is 0. The molecule has 0 aromatic carbocycles. The van der Waals surface area contributed by atoms with Gasteiger partial charge in [-0.25, -0.2) is 0 Å². The van der Waals surface area contributed by atoms with E-state index in [4.69, 9.17) is 0 Å². The molecule has 1 aliphatic carbocycles. The van der Waals surface area contributed by atoms with Gasteiger partial charge < -0.3 is 9.88 Å². The Morgan fingerprint density at radius 1 is 1.24 bits per heavy atom. The predicted octanol–water partition coefficient (Wildman–Crippen LogP) is 2.72. The first-order valence-corrected chi connectivity index (χ1v) is 8.09. The Hall–Kier alpha value is -1.58. The predicted molar refractivity (Wildman–Crippen MR) is 82.4 cm³/mol. The van der Waals surface area contributed by atoms with Crippen LogP contribution in [-0.4, -0.2) is 28.4 Å². The monoisotopic (exact) mass is 288 g/mol. The van der Waals surface area contributed by atoms with Gasteiger partial charge in [-0.1, -0.05) is 19.8 Å². The Morgan fingerprint density at radius 3 is 2.76 bits per heavy atom. The molecule has 1 amide bonds. The van der Waals surface area contributed by atoms with Gasteiger partial charge in [-0.05, 0) is 50.2 Å². The van der Waals surface area contributed by atoms with E-state index >= 15 is 0 Å². The molecule has 0 bridgehead atoms. The number of hydrogen-bond acceptors (Lipinski definition) is 2. The lowest BCUT2D eigenvalue weighted by atomic mass is 9.72. The molecule has 4 nitrogen and oxygen atoms in total. The van der Waals surface area contributed by atoms with Crippen LogP contribution in [0.2, 0.25) is 0 Å². The number of piperidine rings is 1. The Morgan fingerprint density at radius 2 is 2.00 bits per heavy atom. The minimum Gasteiger partial charge on any atom is -0.335 e. The quantitative estimate of drug-likeness (QED) is 0.864. The highest BCUT2D eigenvalue weighted by molar-refractivity contribution is 5.94. The molecule has 21 heavy (non-hydrogen) atoms. The number of aryl methyl sites for hydroxylation is 1. The fourth-order valence-corrected chi connectivity index (χ4v) is 4.06. The maximum atomic E-state index is 12.8. The van der Waals surface area contributed by atoms with E-state index in [2.05, 4.69) is 11.9 Å². The van der Waals surface area contributed by atoms with Crippen molar-refractivity contribution in [2.24, 2.45) is 11.8 Å². The normalized spacial score (nSPS) is 29.0. The maximum absolute atomic E-state index is 12.8. The number of hydrogen-bond donors (Lipinski definition) is 1. The summed E-state index contributed by atoms with van der Waals surface area (Å²) < 4.78 is 0. The summed E-state index contributed by atoms with van der Waals surface area (Å²) in [6.45, 7) is 4.92. The van der Waals surface area contributed by atoms with Gasteiger partial charge in [-0.15, -0.1) is 0 Å². The van der Waals surface area contributed by atoms with Crippen LogP contribution in [0.3, 0.4) is 0 Å². The van der Waals surface area contributed by atoms with Crippen molar-refractivity contribution < 1.29 is 4.79 Å². The van der Waals surface area contributed by atoms with Crippen LogP contribution in [0.5, 0.6) is 0 Å². The molecule has 0 unspecified atom stereocenters. The van der Waals surface area contributed by atoms with Gasteiger partial charge in [0.2, 0.25) is 0 Å². The molecule has 1 aromatic rings. The van der Waals surface area contributed by atoms with E-state index in [0.717, 1.165) is 25.1 Å². The van der Waals surface area contributed by atoms with Gasteiger partial charge >= 0.3 is 0 Å². The lowest BCUT2D eigenvalue weighted by Crippen LogP contribution is -2.53. The average molecular weight is 288 g/mol. The van der Waals surface area contributed by atoms with Crippen LogP contribution in [0.15, 0.2) is 16.9 Å². The SMILES string of the molecule is Cc1ccc(C(=O)N2CC[C@H](C)[C@H]3CCCC[C@@H]32)c(=O)[nH]1. The Balaban J connectivity index is 1.88. The van der Waals surface area contributed by atoms with E-state index < -0.39 is 0 Å². The van der Waals surface area contributed by atoms with Crippen molar-refractivity contribution in [2.75, 3.05) is 6.54 Å². The Bertz CT molecular complexity index is 593. The summed E-state index contributed by atoms with van der Waals surface area (Å²) in [6.07, 6.45) is 5.83. The summed E-state index contributed by atoms with van der Waals surface area (Å²) in [4.78, 5) is 29.6. The first-order chi connectivity index (χ1) is 10.1. The minimum absolute atomic E-state index is 0.0833. The summed E-state index contributed by atoms with van der Waals surface area (Å²) in [7, 11) is 0. The zero-order valence-electron chi connectivity index (χ0n) is 12.9. The lowest BCUT2D eigenvalue weighted by Gasteiger charge is -2.47. The maximum Gasteiger partial charge on any atom is 0.260 e. The van der Waals surface area contributed by atoms with Crippen molar-refractivity contribution in [1.82, 2.24) is 9.88 Å². The molecular weight excluding hydrogens is 264 g/mol. The molecule has 3 atom stereocenters. The first kappa shape index (κ1) is 14.4. The highest BCUT2D eigenvalue weighted by Crippen LogP contribution is 2.39. The van der Waals surface area contributed by atoms with Crippen LogP contribution in [0, 0.1) is 18.8 Å². The molecule has 1 aromatic heterocycles. The second-order valence-electron chi connectivity index (χ2n) is 6.66. The van der Waals surface area contributed by atoms with E-state index in [1.807, 2.05) is 11.8 Å². The number of nitrogens with zero attached hydrogens (tertiary/aromatic N) is 1. The van der Waals surface area contributed by atoms with Gasteiger partial charge in [-0.2, -0.15) is 0 Å². The number of rotatable bonds is 1. The van der Waals surface area contributed by atoms with Crippen LogP contribution in [0.1, 0.15) is 55.1 Å². The molecule has 2 heterocycles. The second kappa shape index (κ2) is 5.66. The zero-order valence-corrected chi connectivity index (χ0v) is 12.9. The van der Waals surface area contributed by atoms with Crippen molar-refractivity contribution in [3.05, 3.63) is 33.7 Å². The van der Waals surface area contributed by atoms with Gasteiger partial charge in [0.1, 0.15) is 5.56 Å².